The highest BCUT2D eigenvalue weighted by Gasteiger charge is 2.19. The van der Waals surface area contributed by atoms with Crippen LogP contribution in [0.5, 0.6) is 11.5 Å². The van der Waals surface area contributed by atoms with Gasteiger partial charge in [-0.05, 0) is 41.3 Å². The first kappa shape index (κ1) is 16.9. The predicted molar refractivity (Wildman–Crippen MR) is 98.8 cm³/mol. The van der Waals surface area contributed by atoms with Gasteiger partial charge in [0.1, 0.15) is 0 Å². The van der Waals surface area contributed by atoms with Crippen LogP contribution in [0.1, 0.15) is 16.7 Å². The van der Waals surface area contributed by atoms with Crippen molar-refractivity contribution in [1.29, 1.82) is 0 Å². The zero-order chi connectivity index (χ0) is 16.9. The largest absolute Gasteiger partial charge is 0.493 e. The molecular weight excluding hydrogens is 322 g/mol. The molecule has 0 aromatic heterocycles. The Morgan fingerprint density at radius 1 is 1.08 bits per heavy atom. The second-order valence-corrected chi connectivity index (χ2v) is 6.42. The number of fused-ring (bicyclic) bond motifs is 1. The van der Waals surface area contributed by atoms with Crippen molar-refractivity contribution >= 4 is 17.7 Å². The van der Waals surface area contributed by atoms with Crippen LogP contribution < -0.4 is 9.47 Å². The Hall–Kier alpha value is -1.97. The highest BCUT2D eigenvalue weighted by molar-refractivity contribution is 6.31. The third kappa shape index (κ3) is 3.92. The van der Waals surface area contributed by atoms with E-state index in [2.05, 4.69) is 29.2 Å². The monoisotopic (exact) mass is 343 g/mol. The summed E-state index contributed by atoms with van der Waals surface area (Å²) in [6.07, 6.45) is 3.02. The second-order valence-electron chi connectivity index (χ2n) is 5.94. The Morgan fingerprint density at radius 2 is 1.75 bits per heavy atom. The normalized spacial score (nSPS) is 15.0. The molecule has 0 radical (unpaired) electrons. The molecule has 2 aromatic rings. The van der Waals surface area contributed by atoms with Gasteiger partial charge in [0, 0.05) is 24.7 Å². The van der Waals surface area contributed by atoms with E-state index in [1.54, 1.807) is 14.2 Å². The van der Waals surface area contributed by atoms with Crippen molar-refractivity contribution in [3.05, 3.63) is 64.2 Å². The lowest BCUT2D eigenvalue weighted by Gasteiger charge is -2.29. The molecule has 0 saturated heterocycles. The molecule has 3 rings (SSSR count). The van der Waals surface area contributed by atoms with Gasteiger partial charge in [0.05, 0.1) is 14.2 Å². The summed E-state index contributed by atoms with van der Waals surface area (Å²) < 4.78 is 10.8. The van der Waals surface area contributed by atoms with Gasteiger partial charge in [0.2, 0.25) is 0 Å². The van der Waals surface area contributed by atoms with E-state index in [1.165, 1.54) is 11.1 Å². The van der Waals surface area contributed by atoms with E-state index in [-0.39, 0.29) is 0 Å². The smallest absolute Gasteiger partial charge is 0.161 e. The molecule has 0 amide bonds. The standard InChI is InChI=1S/C20H22ClNO2/c1-23-19-11-16-8-9-22(13-17(16)12-20(19)24-2)14-18(21)10-15-6-4-3-5-7-15/h3-7,10-12H,8-9,13-14H2,1-2H3. The summed E-state index contributed by atoms with van der Waals surface area (Å²) in [5.74, 6) is 1.58. The van der Waals surface area contributed by atoms with Crippen LogP contribution in [0.15, 0.2) is 47.5 Å². The van der Waals surface area contributed by atoms with Crippen molar-refractivity contribution in [2.75, 3.05) is 27.3 Å². The number of methoxy groups -OCH3 is 2. The Labute approximate surface area is 148 Å². The van der Waals surface area contributed by atoms with E-state index in [9.17, 15) is 0 Å². The Kier molecular flexibility index (Phi) is 5.44. The highest BCUT2D eigenvalue weighted by atomic mass is 35.5. The summed E-state index contributed by atoms with van der Waals surface area (Å²) >= 11 is 6.46. The number of hydrogen-bond donors (Lipinski definition) is 0. The first-order valence-corrected chi connectivity index (χ1v) is 8.44. The summed E-state index contributed by atoms with van der Waals surface area (Å²) in [5.41, 5.74) is 3.74. The number of halogens is 1. The van der Waals surface area contributed by atoms with Gasteiger partial charge in [0.25, 0.3) is 0 Å². The maximum atomic E-state index is 6.46. The van der Waals surface area contributed by atoms with Crippen LogP contribution in [0, 0.1) is 0 Å². The number of hydrogen-bond acceptors (Lipinski definition) is 3. The molecule has 0 aliphatic carbocycles. The van der Waals surface area contributed by atoms with E-state index in [0.717, 1.165) is 48.1 Å². The molecular formula is C20H22ClNO2. The first-order chi connectivity index (χ1) is 11.7. The topological polar surface area (TPSA) is 21.7 Å². The van der Waals surface area contributed by atoms with E-state index in [0.29, 0.717) is 0 Å². The van der Waals surface area contributed by atoms with Crippen molar-refractivity contribution in [2.45, 2.75) is 13.0 Å². The number of benzene rings is 2. The summed E-state index contributed by atoms with van der Waals surface area (Å²) in [5, 5.41) is 0.852. The van der Waals surface area contributed by atoms with Crippen molar-refractivity contribution in [2.24, 2.45) is 0 Å². The van der Waals surface area contributed by atoms with Crippen LogP contribution in [0.2, 0.25) is 0 Å². The van der Waals surface area contributed by atoms with Gasteiger partial charge in [-0.1, -0.05) is 41.9 Å². The molecule has 0 atom stereocenters. The molecule has 0 spiro atoms. The van der Waals surface area contributed by atoms with Crippen LogP contribution in [0.4, 0.5) is 0 Å². The SMILES string of the molecule is COc1cc2c(cc1OC)CN(CC(Cl)=Cc1ccccc1)CC2. The lowest BCUT2D eigenvalue weighted by molar-refractivity contribution is 0.277. The number of ether oxygens (including phenoxy) is 2. The molecule has 0 unspecified atom stereocenters. The van der Waals surface area contributed by atoms with Crippen LogP contribution in [0.25, 0.3) is 6.08 Å². The maximum Gasteiger partial charge on any atom is 0.161 e. The van der Waals surface area contributed by atoms with Crippen molar-refractivity contribution in [3.63, 3.8) is 0 Å². The molecule has 0 fully saturated rings. The minimum atomic E-state index is 0.754. The summed E-state index contributed by atoms with van der Waals surface area (Å²) in [7, 11) is 3.35. The van der Waals surface area contributed by atoms with Crippen LogP contribution in [0.3, 0.4) is 0 Å². The second kappa shape index (κ2) is 7.73. The highest BCUT2D eigenvalue weighted by Crippen LogP contribution is 2.33. The van der Waals surface area contributed by atoms with Crippen molar-refractivity contribution in [1.82, 2.24) is 4.90 Å². The number of nitrogens with zero attached hydrogens (tertiary/aromatic N) is 1. The van der Waals surface area contributed by atoms with Gasteiger partial charge >= 0.3 is 0 Å². The number of rotatable bonds is 5. The zero-order valence-corrected chi connectivity index (χ0v) is 14.8. The fraction of sp³-hybridized carbons (Fsp3) is 0.300. The third-order valence-electron chi connectivity index (χ3n) is 4.29. The van der Waals surface area contributed by atoms with Crippen LogP contribution in [-0.2, 0) is 13.0 Å². The van der Waals surface area contributed by atoms with Gasteiger partial charge in [0.15, 0.2) is 11.5 Å². The minimum absolute atomic E-state index is 0.754. The van der Waals surface area contributed by atoms with E-state index < -0.39 is 0 Å². The van der Waals surface area contributed by atoms with Gasteiger partial charge in [-0.3, -0.25) is 4.90 Å². The third-order valence-corrected chi connectivity index (χ3v) is 4.52. The molecule has 1 heterocycles. The fourth-order valence-electron chi connectivity index (χ4n) is 3.07. The molecule has 0 saturated carbocycles. The molecule has 2 aromatic carbocycles. The molecule has 1 aliphatic heterocycles. The molecule has 0 N–H and O–H groups in total. The average Bonchev–Trinajstić information content (AvgIpc) is 2.61. The van der Waals surface area contributed by atoms with E-state index in [1.807, 2.05) is 24.3 Å². The van der Waals surface area contributed by atoms with Gasteiger partial charge in [-0.25, -0.2) is 0 Å². The molecule has 1 aliphatic rings. The van der Waals surface area contributed by atoms with Gasteiger partial charge < -0.3 is 9.47 Å². The Balaban J connectivity index is 1.72. The fourth-order valence-corrected chi connectivity index (χ4v) is 3.36. The summed E-state index contributed by atoms with van der Waals surface area (Å²) in [6, 6.07) is 14.3. The van der Waals surface area contributed by atoms with Crippen molar-refractivity contribution < 1.29 is 9.47 Å². The summed E-state index contributed by atoms with van der Waals surface area (Å²) in [6.45, 7) is 2.61. The van der Waals surface area contributed by atoms with Crippen molar-refractivity contribution in [3.8, 4) is 11.5 Å². The van der Waals surface area contributed by atoms with Crippen LogP contribution >= 0.6 is 11.6 Å². The summed E-state index contributed by atoms with van der Waals surface area (Å²) in [4.78, 5) is 2.36. The molecule has 4 heteroatoms. The molecule has 3 nitrogen and oxygen atoms in total. The van der Waals surface area contributed by atoms with E-state index >= 15 is 0 Å². The predicted octanol–water partition coefficient (Wildman–Crippen LogP) is 4.34. The molecule has 0 bridgehead atoms. The van der Waals surface area contributed by atoms with E-state index in [4.69, 9.17) is 21.1 Å². The maximum absolute atomic E-state index is 6.46. The molecule has 24 heavy (non-hydrogen) atoms. The quantitative estimate of drug-likeness (QED) is 0.806. The average molecular weight is 344 g/mol. The van der Waals surface area contributed by atoms with Gasteiger partial charge in [-0.15, -0.1) is 0 Å². The minimum Gasteiger partial charge on any atom is -0.493 e. The Bertz CT molecular complexity index is 728. The lowest BCUT2D eigenvalue weighted by atomic mass is 9.99. The first-order valence-electron chi connectivity index (χ1n) is 8.07. The lowest BCUT2D eigenvalue weighted by Crippen LogP contribution is -2.31. The Morgan fingerprint density at radius 3 is 2.42 bits per heavy atom. The molecule has 126 valence electrons. The van der Waals surface area contributed by atoms with Gasteiger partial charge in [-0.2, -0.15) is 0 Å². The zero-order valence-electron chi connectivity index (χ0n) is 14.1. The van der Waals surface area contributed by atoms with Crippen LogP contribution in [-0.4, -0.2) is 32.2 Å².